The number of nitrogens with two attached hydrogens (primary N) is 2. The molecular weight excluding hydrogens is 235 g/mol. The molecule has 4 nitrogen and oxygen atoms in total. The Morgan fingerprint density at radius 1 is 1.35 bits per heavy atom. The highest BCUT2D eigenvalue weighted by Crippen LogP contribution is 2.22. The summed E-state index contributed by atoms with van der Waals surface area (Å²) in [5, 5.41) is 2.51. The van der Waals surface area contributed by atoms with Crippen molar-refractivity contribution in [3.63, 3.8) is 0 Å². The van der Waals surface area contributed by atoms with Gasteiger partial charge in [-0.05, 0) is 18.2 Å². The summed E-state index contributed by atoms with van der Waals surface area (Å²) < 4.78 is 35.8. The van der Waals surface area contributed by atoms with Crippen molar-refractivity contribution >= 4 is 17.3 Å². The van der Waals surface area contributed by atoms with E-state index >= 15 is 0 Å². The molecule has 7 heteroatoms. The molecule has 0 aromatic heterocycles. The van der Waals surface area contributed by atoms with Crippen LogP contribution in [0.5, 0.6) is 0 Å². The Kier molecular flexibility index (Phi) is 3.82. The molecule has 5 N–H and O–H groups in total. The minimum atomic E-state index is -4.23. The largest absolute Gasteiger partial charge is 0.397 e. The summed E-state index contributed by atoms with van der Waals surface area (Å²) in [5.74, 6) is -0.663. The van der Waals surface area contributed by atoms with Crippen molar-refractivity contribution in [3.8, 4) is 0 Å². The summed E-state index contributed by atoms with van der Waals surface area (Å²) >= 11 is 0. The predicted molar refractivity (Wildman–Crippen MR) is 58.5 cm³/mol. The maximum Gasteiger partial charge on any atom is 0.390 e. The molecule has 0 radical (unpaired) electrons. The minimum Gasteiger partial charge on any atom is -0.397 e. The standard InChI is InChI=1S/C10H12F3N3O/c11-10(12,13)3-4-16-8-5-6(9(15)17)1-2-7(8)14/h1-2,5,16H,3-4,14H2,(H2,15,17). The zero-order chi connectivity index (χ0) is 13.1. The third-order valence-electron chi connectivity index (χ3n) is 2.06. The van der Waals surface area contributed by atoms with E-state index in [1.165, 1.54) is 18.2 Å². The van der Waals surface area contributed by atoms with Crippen molar-refractivity contribution < 1.29 is 18.0 Å². The molecule has 0 unspecified atom stereocenters. The van der Waals surface area contributed by atoms with Gasteiger partial charge in [-0.2, -0.15) is 13.2 Å². The average Bonchev–Trinajstić information content (AvgIpc) is 2.18. The maximum absolute atomic E-state index is 11.9. The van der Waals surface area contributed by atoms with Gasteiger partial charge < -0.3 is 16.8 Å². The van der Waals surface area contributed by atoms with Gasteiger partial charge in [0.25, 0.3) is 0 Å². The molecular formula is C10H12F3N3O. The van der Waals surface area contributed by atoms with Crippen molar-refractivity contribution in [1.82, 2.24) is 0 Å². The summed E-state index contributed by atoms with van der Waals surface area (Å²) in [7, 11) is 0. The number of benzene rings is 1. The highest BCUT2D eigenvalue weighted by molar-refractivity contribution is 5.94. The number of halogens is 3. The fraction of sp³-hybridized carbons (Fsp3) is 0.300. The summed E-state index contributed by atoms with van der Waals surface area (Å²) in [6, 6.07) is 4.15. The highest BCUT2D eigenvalue weighted by Gasteiger charge is 2.26. The number of hydrogen-bond donors (Lipinski definition) is 3. The lowest BCUT2D eigenvalue weighted by atomic mass is 10.1. The van der Waals surface area contributed by atoms with Crippen molar-refractivity contribution in [1.29, 1.82) is 0 Å². The van der Waals surface area contributed by atoms with Gasteiger partial charge in [0, 0.05) is 12.1 Å². The normalized spacial score (nSPS) is 11.2. The Morgan fingerprint density at radius 3 is 2.53 bits per heavy atom. The molecule has 0 bridgehead atoms. The van der Waals surface area contributed by atoms with Crippen LogP contribution in [0.1, 0.15) is 16.8 Å². The molecule has 0 saturated heterocycles. The number of amides is 1. The molecule has 1 aromatic rings. The second-order valence-electron chi connectivity index (χ2n) is 3.46. The maximum atomic E-state index is 11.9. The molecule has 0 aliphatic rings. The number of carbonyl (C=O) groups excluding carboxylic acids is 1. The first-order valence-corrected chi connectivity index (χ1v) is 4.79. The summed E-state index contributed by atoms with van der Waals surface area (Å²) in [6.07, 6.45) is -5.21. The van der Waals surface area contributed by atoms with Gasteiger partial charge in [-0.3, -0.25) is 4.79 Å². The lowest BCUT2D eigenvalue weighted by Gasteiger charge is -2.11. The van der Waals surface area contributed by atoms with E-state index in [9.17, 15) is 18.0 Å². The predicted octanol–water partition coefficient (Wildman–Crippen LogP) is 1.73. The minimum absolute atomic E-state index is 0.189. The molecule has 0 fully saturated rings. The smallest absolute Gasteiger partial charge is 0.390 e. The first kappa shape index (κ1) is 13.1. The van der Waals surface area contributed by atoms with E-state index < -0.39 is 18.5 Å². The van der Waals surface area contributed by atoms with Gasteiger partial charge in [0.05, 0.1) is 17.8 Å². The summed E-state index contributed by atoms with van der Waals surface area (Å²) in [6.45, 7) is -0.310. The van der Waals surface area contributed by atoms with Gasteiger partial charge >= 0.3 is 6.18 Å². The molecule has 0 aliphatic heterocycles. The average molecular weight is 247 g/mol. The molecule has 0 spiro atoms. The van der Waals surface area contributed by atoms with Crippen LogP contribution in [-0.2, 0) is 0 Å². The van der Waals surface area contributed by atoms with Gasteiger partial charge in [-0.15, -0.1) is 0 Å². The van der Waals surface area contributed by atoms with E-state index in [0.29, 0.717) is 0 Å². The van der Waals surface area contributed by atoms with E-state index in [-0.39, 0.29) is 23.5 Å². The van der Waals surface area contributed by atoms with Crippen molar-refractivity contribution in [2.75, 3.05) is 17.6 Å². The Bertz CT molecular complexity index is 418. The van der Waals surface area contributed by atoms with Gasteiger partial charge in [0.15, 0.2) is 0 Å². The number of rotatable bonds is 4. The number of nitrogen functional groups attached to an aromatic ring is 1. The number of anilines is 2. The monoisotopic (exact) mass is 247 g/mol. The van der Waals surface area contributed by atoms with E-state index in [4.69, 9.17) is 11.5 Å². The lowest BCUT2D eigenvalue weighted by Crippen LogP contribution is -2.16. The van der Waals surface area contributed by atoms with E-state index in [2.05, 4.69) is 5.32 Å². The molecule has 17 heavy (non-hydrogen) atoms. The van der Waals surface area contributed by atoms with Crippen LogP contribution in [0.2, 0.25) is 0 Å². The van der Waals surface area contributed by atoms with Gasteiger partial charge in [-0.25, -0.2) is 0 Å². The number of nitrogens with one attached hydrogen (secondary N) is 1. The second kappa shape index (κ2) is 4.94. The zero-order valence-corrected chi connectivity index (χ0v) is 8.84. The summed E-state index contributed by atoms with van der Waals surface area (Å²) in [5.41, 5.74) is 11.3. The Morgan fingerprint density at radius 2 is 2.00 bits per heavy atom. The zero-order valence-electron chi connectivity index (χ0n) is 8.84. The van der Waals surface area contributed by atoms with Crippen LogP contribution >= 0.6 is 0 Å². The van der Waals surface area contributed by atoms with Crippen LogP contribution in [0, 0.1) is 0 Å². The lowest BCUT2D eigenvalue weighted by molar-refractivity contribution is -0.131. The molecule has 1 rings (SSSR count). The first-order chi connectivity index (χ1) is 7.79. The first-order valence-electron chi connectivity index (χ1n) is 4.79. The van der Waals surface area contributed by atoms with E-state index in [1.54, 1.807) is 0 Å². The molecule has 0 saturated carbocycles. The number of alkyl halides is 3. The topological polar surface area (TPSA) is 81.1 Å². The third-order valence-corrected chi connectivity index (χ3v) is 2.06. The molecule has 0 heterocycles. The van der Waals surface area contributed by atoms with Crippen LogP contribution < -0.4 is 16.8 Å². The molecule has 1 aromatic carbocycles. The molecule has 0 aliphatic carbocycles. The fourth-order valence-corrected chi connectivity index (χ4v) is 1.20. The van der Waals surface area contributed by atoms with Crippen LogP contribution in [0.25, 0.3) is 0 Å². The van der Waals surface area contributed by atoms with Crippen molar-refractivity contribution in [2.24, 2.45) is 5.73 Å². The number of carbonyl (C=O) groups is 1. The number of primary amides is 1. The molecule has 94 valence electrons. The van der Waals surface area contributed by atoms with E-state index in [0.717, 1.165) is 0 Å². The van der Waals surface area contributed by atoms with Crippen LogP contribution in [-0.4, -0.2) is 18.6 Å². The Balaban J connectivity index is 2.70. The van der Waals surface area contributed by atoms with Gasteiger partial charge in [0.1, 0.15) is 0 Å². The quantitative estimate of drug-likeness (QED) is 0.709. The number of hydrogen-bond acceptors (Lipinski definition) is 3. The second-order valence-corrected chi connectivity index (χ2v) is 3.46. The molecule has 1 amide bonds. The summed E-state index contributed by atoms with van der Waals surface area (Å²) in [4.78, 5) is 10.9. The van der Waals surface area contributed by atoms with Gasteiger partial charge in [0.2, 0.25) is 5.91 Å². The van der Waals surface area contributed by atoms with Crippen LogP contribution in [0.4, 0.5) is 24.5 Å². The van der Waals surface area contributed by atoms with Crippen molar-refractivity contribution in [3.05, 3.63) is 23.8 Å². The SMILES string of the molecule is NC(=O)c1ccc(N)c(NCCC(F)(F)F)c1. The highest BCUT2D eigenvalue weighted by atomic mass is 19.4. The van der Waals surface area contributed by atoms with Crippen LogP contribution in [0.3, 0.4) is 0 Å². The third kappa shape index (κ3) is 4.21. The fourth-order valence-electron chi connectivity index (χ4n) is 1.20. The Labute approximate surface area is 95.8 Å². The van der Waals surface area contributed by atoms with E-state index in [1.807, 2.05) is 0 Å². The van der Waals surface area contributed by atoms with Gasteiger partial charge in [-0.1, -0.05) is 0 Å². The Hall–Kier alpha value is -1.92. The van der Waals surface area contributed by atoms with Crippen LogP contribution in [0.15, 0.2) is 18.2 Å². The van der Waals surface area contributed by atoms with Crippen molar-refractivity contribution in [2.45, 2.75) is 12.6 Å². The molecule has 0 atom stereocenters.